The molecule has 0 aliphatic rings. The zero-order valence-electron chi connectivity index (χ0n) is 11.3. The van der Waals surface area contributed by atoms with Gasteiger partial charge in [0.2, 0.25) is 0 Å². The van der Waals surface area contributed by atoms with Gasteiger partial charge in [0, 0.05) is 0 Å². The molecule has 0 saturated heterocycles. The van der Waals surface area contributed by atoms with Crippen LogP contribution in [0.3, 0.4) is 0 Å². The molecule has 1 atom stereocenters. The molecule has 0 aliphatic carbocycles. The van der Waals surface area contributed by atoms with Crippen LogP contribution in [0.15, 0.2) is 53.9 Å². The second-order valence-corrected chi connectivity index (χ2v) is 7.59. The van der Waals surface area contributed by atoms with Crippen molar-refractivity contribution in [1.29, 1.82) is 0 Å². The predicted molar refractivity (Wildman–Crippen MR) is 96.5 cm³/mol. The van der Waals surface area contributed by atoms with Gasteiger partial charge < -0.3 is 5.32 Å². The van der Waals surface area contributed by atoms with Crippen LogP contribution < -0.4 is 5.32 Å². The molecular formula is C17H16INS. The molecule has 3 rings (SSSR count). The molecule has 1 N–H and O–H groups in total. The van der Waals surface area contributed by atoms with E-state index < -0.39 is 0 Å². The minimum Gasteiger partial charge on any atom is -0.307 e. The molecular weight excluding hydrogens is 377 g/mol. The normalized spacial score (nSPS) is 12.7. The van der Waals surface area contributed by atoms with Gasteiger partial charge in [0.05, 0.1) is 8.93 Å². The number of hydrogen-bond acceptors (Lipinski definition) is 2. The minimum atomic E-state index is 0.282. The molecule has 0 amide bonds. The van der Waals surface area contributed by atoms with Gasteiger partial charge >= 0.3 is 0 Å². The van der Waals surface area contributed by atoms with Crippen molar-refractivity contribution in [1.82, 2.24) is 5.32 Å². The highest BCUT2D eigenvalue weighted by Crippen LogP contribution is 2.29. The van der Waals surface area contributed by atoms with Crippen LogP contribution in [0.5, 0.6) is 0 Å². The first-order valence-corrected chi connectivity index (χ1v) is 8.70. The molecule has 2 aromatic carbocycles. The standard InChI is InChI=1S/C17H16INS/c1-2-19-17(15-10-16(18)20-11-15)14-8-7-12-5-3-4-6-13(12)9-14/h3-11,17,19H,2H2,1H3. The average Bonchev–Trinajstić information content (AvgIpc) is 2.90. The fourth-order valence-electron chi connectivity index (χ4n) is 2.49. The number of hydrogen-bond donors (Lipinski definition) is 1. The Morgan fingerprint density at radius 2 is 1.85 bits per heavy atom. The van der Waals surface area contributed by atoms with E-state index in [2.05, 4.69) is 88.7 Å². The average molecular weight is 393 g/mol. The van der Waals surface area contributed by atoms with Crippen LogP contribution >= 0.6 is 33.9 Å². The lowest BCUT2D eigenvalue weighted by molar-refractivity contribution is 0.633. The van der Waals surface area contributed by atoms with Gasteiger partial charge in [-0.2, -0.15) is 0 Å². The number of benzene rings is 2. The molecule has 0 spiro atoms. The lowest BCUT2D eigenvalue weighted by atomic mass is 9.98. The van der Waals surface area contributed by atoms with Crippen LogP contribution in [-0.4, -0.2) is 6.54 Å². The SMILES string of the molecule is CCNC(c1csc(I)c1)c1ccc2ccccc2c1. The van der Waals surface area contributed by atoms with Crippen LogP contribution in [0, 0.1) is 2.88 Å². The molecule has 0 fully saturated rings. The summed E-state index contributed by atoms with van der Waals surface area (Å²) >= 11 is 4.19. The first-order valence-electron chi connectivity index (χ1n) is 6.74. The Balaban J connectivity index is 2.04. The number of nitrogens with one attached hydrogen (secondary N) is 1. The highest BCUT2D eigenvalue weighted by atomic mass is 127. The summed E-state index contributed by atoms with van der Waals surface area (Å²) < 4.78 is 1.33. The molecule has 0 radical (unpaired) electrons. The van der Waals surface area contributed by atoms with Crippen molar-refractivity contribution in [2.75, 3.05) is 6.54 Å². The third-order valence-corrected chi connectivity index (χ3v) is 5.24. The third kappa shape index (κ3) is 2.90. The molecule has 1 nitrogen and oxygen atoms in total. The van der Waals surface area contributed by atoms with Crippen LogP contribution in [0.4, 0.5) is 0 Å². The van der Waals surface area contributed by atoms with Crippen molar-refractivity contribution >= 4 is 44.7 Å². The van der Waals surface area contributed by atoms with Crippen molar-refractivity contribution in [2.45, 2.75) is 13.0 Å². The molecule has 0 bridgehead atoms. The Hall–Kier alpha value is -0.910. The van der Waals surface area contributed by atoms with Crippen molar-refractivity contribution in [3.05, 3.63) is 67.9 Å². The van der Waals surface area contributed by atoms with E-state index in [-0.39, 0.29) is 6.04 Å². The molecule has 3 heteroatoms. The van der Waals surface area contributed by atoms with E-state index >= 15 is 0 Å². The van der Waals surface area contributed by atoms with Gasteiger partial charge in [0.1, 0.15) is 0 Å². The quantitative estimate of drug-likeness (QED) is 0.601. The molecule has 0 aliphatic heterocycles. The van der Waals surface area contributed by atoms with Gasteiger partial charge in [-0.3, -0.25) is 0 Å². The molecule has 20 heavy (non-hydrogen) atoms. The molecule has 1 aromatic heterocycles. The Bertz CT molecular complexity index is 720. The highest BCUT2D eigenvalue weighted by Gasteiger charge is 2.14. The smallest absolute Gasteiger partial charge is 0.0656 e. The number of thiophene rings is 1. The fraction of sp³-hybridized carbons (Fsp3) is 0.176. The lowest BCUT2D eigenvalue weighted by Crippen LogP contribution is -2.21. The maximum absolute atomic E-state index is 3.60. The Labute approximate surface area is 137 Å². The number of fused-ring (bicyclic) bond motifs is 1. The zero-order chi connectivity index (χ0) is 13.9. The second kappa shape index (κ2) is 6.24. The van der Waals surface area contributed by atoms with E-state index in [4.69, 9.17) is 0 Å². The van der Waals surface area contributed by atoms with Crippen molar-refractivity contribution in [2.24, 2.45) is 0 Å². The minimum absolute atomic E-state index is 0.282. The zero-order valence-corrected chi connectivity index (χ0v) is 14.2. The molecule has 3 aromatic rings. The summed E-state index contributed by atoms with van der Waals surface area (Å²) in [4.78, 5) is 0. The number of rotatable bonds is 4. The summed E-state index contributed by atoms with van der Waals surface area (Å²) in [6, 6.07) is 17.8. The first kappa shape index (κ1) is 14.0. The Kier molecular flexibility index (Phi) is 4.38. The summed E-state index contributed by atoms with van der Waals surface area (Å²) in [5.74, 6) is 0. The maximum Gasteiger partial charge on any atom is 0.0656 e. The van der Waals surface area contributed by atoms with Gasteiger partial charge in [0.15, 0.2) is 0 Å². The molecule has 1 heterocycles. The van der Waals surface area contributed by atoms with Crippen molar-refractivity contribution in [3.63, 3.8) is 0 Å². The maximum atomic E-state index is 3.60. The number of halogens is 1. The van der Waals surface area contributed by atoms with Gasteiger partial charge in [-0.15, -0.1) is 11.3 Å². The van der Waals surface area contributed by atoms with E-state index in [0.717, 1.165) is 6.54 Å². The predicted octanol–water partition coefficient (Wildman–Crippen LogP) is 5.20. The van der Waals surface area contributed by atoms with Gasteiger partial charge in [0.25, 0.3) is 0 Å². The summed E-state index contributed by atoms with van der Waals surface area (Å²) in [6.07, 6.45) is 0. The third-order valence-electron chi connectivity index (χ3n) is 3.44. The van der Waals surface area contributed by atoms with Gasteiger partial charge in [-0.05, 0) is 68.5 Å². The van der Waals surface area contributed by atoms with Crippen LogP contribution in [0.1, 0.15) is 24.1 Å². The monoisotopic (exact) mass is 393 g/mol. The van der Waals surface area contributed by atoms with Crippen molar-refractivity contribution < 1.29 is 0 Å². The summed E-state index contributed by atoms with van der Waals surface area (Å²) in [5, 5.41) is 8.45. The summed E-state index contributed by atoms with van der Waals surface area (Å²) in [5.41, 5.74) is 2.69. The Morgan fingerprint density at radius 3 is 2.55 bits per heavy atom. The largest absolute Gasteiger partial charge is 0.307 e. The van der Waals surface area contributed by atoms with Crippen LogP contribution in [-0.2, 0) is 0 Å². The molecule has 0 saturated carbocycles. The van der Waals surface area contributed by atoms with Crippen molar-refractivity contribution in [3.8, 4) is 0 Å². The van der Waals surface area contributed by atoms with E-state index in [1.54, 1.807) is 11.3 Å². The Morgan fingerprint density at radius 1 is 1.05 bits per heavy atom. The fourth-order valence-corrected chi connectivity index (χ4v) is 3.89. The van der Waals surface area contributed by atoms with E-state index in [9.17, 15) is 0 Å². The second-order valence-electron chi connectivity index (χ2n) is 4.78. The highest BCUT2D eigenvalue weighted by molar-refractivity contribution is 14.1. The van der Waals surface area contributed by atoms with E-state index in [1.165, 1.54) is 24.8 Å². The lowest BCUT2D eigenvalue weighted by Gasteiger charge is -2.18. The summed E-state index contributed by atoms with van der Waals surface area (Å²) in [7, 11) is 0. The topological polar surface area (TPSA) is 12.0 Å². The summed E-state index contributed by atoms with van der Waals surface area (Å²) in [6.45, 7) is 3.12. The molecule has 1 unspecified atom stereocenters. The van der Waals surface area contributed by atoms with Gasteiger partial charge in [-0.1, -0.05) is 43.3 Å². The van der Waals surface area contributed by atoms with Crippen LogP contribution in [0.2, 0.25) is 0 Å². The van der Waals surface area contributed by atoms with E-state index in [1.807, 2.05) is 0 Å². The van der Waals surface area contributed by atoms with Gasteiger partial charge in [-0.25, -0.2) is 0 Å². The first-order chi connectivity index (χ1) is 9.78. The van der Waals surface area contributed by atoms with E-state index in [0.29, 0.717) is 0 Å². The molecule has 102 valence electrons. The van der Waals surface area contributed by atoms with Crippen LogP contribution in [0.25, 0.3) is 10.8 Å².